The fraction of sp³-hybridized carbons (Fsp3) is 0.455. The second kappa shape index (κ2) is 6.28. The van der Waals surface area contributed by atoms with Gasteiger partial charge in [-0.25, -0.2) is 0 Å². The molecule has 1 unspecified atom stereocenters. The second-order valence-electron chi connectivity index (χ2n) is 4.01. The summed E-state index contributed by atoms with van der Waals surface area (Å²) in [6.07, 6.45) is 0.602. The van der Waals surface area contributed by atoms with Crippen LogP contribution in [-0.4, -0.2) is 39.4 Å². The van der Waals surface area contributed by atoms with E-state index in [0.717, 1.165) is 11.3 Å². The Bertz CT molecular complexity index is 499. The lowest BCUT2D eigenvalue weighted by atomic mass is 10.2. The molecular weight excluding hydrogens is 272 g/mol. The molecule has 1 N–H and O–H groups in total. The van der Waals surface area contributed by atoms with Crippen LogP contribution < -0.4 is 0 Å². The summed E-state index contributed by atoms with van der Waals surface area (Å²) in [5, 5.41) is 20.6. The lowest BCUT2D eigenvalue weighted by Crippen LogP contribution is -2.41. The zero-order chi connectivity index (χ0) is 14.6. The van der Waals surface area contributed by atoms with Gasteiger partial charge in [-0.1, -0.05) is 18.3 Å². The van der Waals surface area contributed by atoms with E-state index in [9.17, 15) is 19.7 Å². The van der Waals surface area contributed by atoms with Crippen molar-refractivity contribution in [3.05, 3.63) is 27.1 Å². The number of amides is 1. The lowest BCUT2D eigenvalue weighted by molar-refractivity contribution is -0.380. The van der Waals surface area contributed by atoms with Gasteiger partial charge in [-0.3, -0.25) is 19.7 Å². The maximum atomic E-state index is 12.2. The van der Waals surface area contributed by atoms with Crippen LogP contribution in [0.2, 0.25) is 0 Å². The summed E-state index contributed by atoms with van der Waals surface area (Å²) in [6.45, 7) is 3.15. The zero-order valence-electron chi connectivity index (χ0n) is 10.5. The molecule has 0 saturated carbocycles. The van der Waals surface area contributed by atoms with Crippen LogP contribution in [0.4, 0.5) is 5.00 Å². The minimum Gasteiger partial charge on any atom is -0.480 e. The van der Waals surface area contributed by atoms with Crippen molar-refractivity contribution >= 4 is 28.2 Å². The number of rotatable bonds is 6. The van der Waals surface area contributed by atoms with Gasteiger partial charge in [-0.2, -0.15) is 0 Å². The van der Waals surface area contributed by atoms with Crippen LogP contribution in [0, 0.1) is 10.1 Å². The van der Waals surface area contributed by atoms with Gasteiger partial charge in [0.2, 0.25) is 0 Å². The molecule has 1 atom stereocenters. The highest BCUT2D eigenvalue weighted by molar-refractivity contribution is 7.13. The molecule has 8 heteroatoms. The average molecular weight is 286 g/mol. The molecule has 0 aliphatic heterocycles. The minimum absolute atomic E-state index is 0.136. The van der Waals surface area contributed by atoms with Crippen LogP contribution in [0.5, 0.6) is 0 Å². The van der Waals surface area contributed by atoms with E-state index in [2.05, 4.69) is 0 Å². The predicted molar refractivity (Wildman–Crippen MR) is 69.4 cm³/mol. The van der Waals surface area contributed by atoms with Gasteiger partial charge in [0.15, 0.2) is 0 Å². The molecular formula is C11H14N2O5S. The Morgan fingerprint density at radius 3 is 2.63 bits per heavy atom. The monoisotopic (exact) mass is 286 g/mol. The number of carbonyl (C=O) groups is 2. The number of carboxylic acids is 1. The second-order valence-corrected chi connectivity index (χ2v) is 4.90. The Morgan fingerprint density at radius 1 is 1.58 bits per heavy atom. The Balaban J connectivity index is 2.97. The van der Waals surface area contributed by atoms with Gasteiger partial charge in [0.25, 0.3) is 5.91 Å². The summed E-state index contributed by atoms with van der Waals surface area (Å²) in [7, 11) is 0. The van der Waals surface area contributed by atoms with E-state index >= 15 is 0 Å². The van der Waals surface area contributed by atoms with Gasteiger partial charge in [-0.05, 0) is 13.3 Å². The Hall–Kier alpha value is -1.96. The van der Waals surface area contributed by atoms with Crippen molar-refractivity contribution in [2.24, 2.45) is 0 Å². The molecule has 0 aromatic carbocycles. The van der Waals surface area contributed by atoms with Crippen LogP contribution in [0.1, 0.15) is 30.6 Å². The van der Waals surface area contributed by atoms with Gasteiger partial charge < -0.3 is 10.0 Å². The standard InChI is InChI=1S/C11H14N2O5S/c1-3-7(2)12(5-10(14)15)11(16)8-4-9(13(17)18)19-6-8/h4,6-7H,3,5H2,1-2H3,(H,14,15). The molecule has 1 rings (SSSR count). The molecule has 0 spiro atoms. The summed E-state index contributed by atoms with van der Waals surface area (Å²) in [5.41, 5.74) is 0.151. The predicted octanol–water partition coefficient (Wildman–Crippen LogP) is 1.98. The normalized spacial score (nSPS) is 11.9. The van der Waals surface area contributed by atoms with Gasteiger partial charge in [0.05, 0.1) is 10.5 Å². The van der Waals surface area contributed by atoms with Crippen molar-refractivity contribution in [1.29, 1.82) is 0 Å². The van der Waals surface area contributed by atoms with Crippen LogP contribution in [0.3, 0.4) is 0 Å². The van der Waals surface area contributed by atoms with Gasteiger partial charge in [-0.15, -0.1) is 0 Å². The van der Waals surface area contributed by atoms with Crippen molar-refractivity contribution < 1.29 is 19.6 Å². The number of hydrogen-bond donors (Lipinski definition) is 1. The van der Waals surface area contributed by atoms with E-state index in [1.165, 1.54) is 16.3 Å². The molecule has 1 heterocycles. The lowest BCUT2D eigenvalue weighted by Gasteiger charge is -2.26. The fourth-order valence-corrected chi connectivity index (χ4v) is 2.19. The quantitative estimate of drug-likeness (QED) is 0.636. The SMILES string of the molecule is CCC(C)N(CC(=O)O)C(=O)c1csc([N+](=O)[O-])c1. The number of carboxylic acid groups (broad SMARTS) is 1. The van der Waals surface area contributed by atoms with Crippen molar-refractivity contribution in [2.75, 3.05) is 6.54 Å². The first-order chi connectivity index (χ1) is 8.86. The van der Waals surface area contributed by atoms with E-state index in [0.29, 0.717) is 6.42 Å². The molecule has 0 aliphatic rings. The molecule has 0 fully saturated rings. The molecule has 19 heavy (non-hydrogen) atoms. The van der Waals surface area contributed by atoms with Crippen molar-refractivity contribution in [2.45, 2.75) is 26.3 Å². The first-order valence-corrected chi connectivity index (χ1v) is 6.50. The molecule has 1 aromatic rings. The maximum Gasteiger partial charge on any atom is 0.324 e. The van der Waals surface area contributed by atoms with E-state index < -0.39 is 23.3 Å². The summed E-state index contributed by atoms with van der Waals surface area (Å²) in [4.78, 5) is 34.1. The molecule has 7 nitrogen and oxygen atoms in total. The first kappa shape index (κ1) is 15.1. The molecule has 0 bridgehead atoms. The maximum absolute atomic E-state index is 12.2. The number of nitrogens with zero attached hydrogens (tertiary/aromatic N) is 2. The van der Waals surface area contributed by atoms with Crippen molar-refractivity contribution in [3.8, 4) is 0 Å². The van der Waals surface area contributed by atoms with Crippen molar-refractivity contribution in [1.82, 2.24) is 4.90 Å². The van der Waals surface area contributed by atoms with Gasteiger partial charge in [0, 0.05) is 17.5 Å². The topological polar surface area (TPSA) is 101 Å². The Kier molecular flexibility index (Phi) is 4.99. The smallest absolute Gasteiger partial charge is 0.324 e. The van der Waals surface area contributed by atoms with Crippen LogP contribution in [0.25, 0.3) is 0 Å². The molecule has 104 valence electrons. The van der Waals surface area contributed by atoms with E-state index in [4.69, 9.17) is 5.11 Å². The number of nitro groups is 1. The molecule has 0 aliphatic carbocycles. The van der Waals surface area contributed by atoms with Gasteiger partial charge >= 0.3 is 11.0 Å². The van der Waals surface area contributed by atoms with E-state index in [1.807, 2.05) is 6.92 Å². The molecule has 0 radical (unpaired) electrons. The molecule has 1 aromatic heterocycles. The highest BCUT2D eigenvalue weighted by atomic mass is 32.1. The number of thiophene rings is 1. The Labute approximate surface area is 113 Å². The minimum atomic E-state index is -1.11. The summed E-state index contributed by atoms with van der Waals surface area (Å²) >= 11 is 0.848. The average Bonchev–Trinajstić information content (AvgIpc) is 2.83. The zero-order valence-corrected chi connectivity index (χ0v) is 11.3. The third-order valence-electron chi connectivity index (χ3n) is 2.70. The molecule has 1 amide bonds. The van der Waals surface area contributed by atoms with E-state index in [-0.39, 0.29) is 16.6 Å². The highest BCUT2D eigenvalue weighted by Gasteiger charge is 2.25. The summed E-state index contributed by atoms with van der Waals surface area (Å²) in [6, 6.07) is 0.923. The van der Waals surface area contributed by atoms with Crippen LogP contribution >= 0.6 is 11.3 Å². The molecule has 0 saturated heterocycles. The third kappa shape index (κ3) is 3.75. The third-order valence-corrected chi connectivity index (χ3v) is 3.58. The summed E-state index contributed by atoms with van der Waals surface area (Å²) in [5.74, 6) is -1.61. The van der Waals surface area contributed by atoms with E-state index in [1.54, 1.807) is 6.92 Å². The fourth-order valence-electron chi connectivity index (χ4n) is 1.49. The summed E-state index contributed by atoms with van der Waals surface area (Å²) < 4.78 is 0. The van der Waals surface area contributed by atoms with Gasteiger partial charge in [0.1, 0.15) is 6.54 Å². The number of hydrogen-bond acceptors (Lipinski definition) is 5. The number of carbonyl (C=O) groups excluding carboxylic acids is 1. The van der Waals surface area contributed by atoms with Crippen LogP contribution in [0.15, 0.2) is 11.4 Å². The highest BCUT2D eigenvalue weighted by Crippen LogP contribution is 2.24. The van der Waals surface area contributed by atoms with Crippen molar-refractivity contribution in [3.63, 3.8) is 0 Å². The Morgan fingerprint density at radius 2 is 2.21 bits per heavy atom. The van der Waals surface area contributed by atoms with Crippen LogP contribution in [-0.2, 0) is 4.79 Å². The first-order valence-electron chi connectivity index (χ1n) is 5.62. The number of aliphatic carboxylic acids is 1. The largest absolute Gasteiger partial charge is 0.480 e.